The Hall–Kier alpha value is -1.75. The van der Waals surface area contributed by atoms with E-state index in [1.807, 2.05) is 30.8 Å². The van der Waals surface area contributed by atoms with Gasteiger partial charge in [-0.25, -0.2) is 0 Å². The first-order chi connectivity index (χ1) is 10.9. The van der Waals surface area contributed by atoms with Crippen LogP contribution in [0.5, 0.6) is 5.75 Å². The van der Waals surface area contributed by atoms with Crippen molar-refractivity contribution in [2.75, 3.05) is 39.0 Å². The fourth-order valence-electron chi connectivity index (χ4n) is 3.60. The van der Waals surface area contributed by atoms with E-state index < -0.39 is 0 Å². The Morgan fingerprint density at radius 1 is 1.35 bits per heavy atom. The van der Waals surface area contributed by atoms with Gasteiger partial charge in [0.15, 0.2) is 6.23 Å². The maximum Gasteiger partial charge on any atom is 0.236 e. The van der Waals surface area contributed by atoms with Crippen LogP contribution in [0.25, 0.3) is 0 Å². The van der Waals surface area contributed by atoms with E-state index in [0.717, 1.165) is 37.4 Å². The molecule has 0 saturated carbocycles. The number of aryl methyl sites for hydroxylation is 1. The molecule has 5 heteroatoms. The lowest BCUT2D eigenvalue weighted by atomic mass is 9.86. The summed E-state index contributed by atoms with van der Waals surface area (Å²) in [7, 11) is 3.88. The zero-order valence-electron chi connectivity index (χ0n) is 14.6. The number of piperidine rings is 1. The summed E-state index contributed by atoms with van der Waals surface area (Å²) in [4.78, 5) is 16.1. The highest BCUT2D eigenvalue weighted by Crippen LogP contribution is 2.39. The summed E-state index contributed by atoms with van der Waals surface area (Å²) in [6.07, 6.45) is 2.11. The van der Waals surface area contributed by atoms with Crippen molar-refractivity contribution in [3.63, 3.8) is 0 Å². The normalized spacial score (nSPS) is 21.1. The van der Waals surface area contributed by atoms with Gasteiger partial charge in [0.05, 0.1) is 12.2 Å². The molecule has 2 heterocycles. The third kappa shape index (κ3) is 3.44. The monoisotopic (exact) mass is 317 g/mol. The highest BCUT2D eigenvalue weighted by Gasteiger charge is 2.27. The van der Waals surface area contributed by atoms with Crippen molar-refractivity contribution in [3.8, 4) is 5.75 Å². The highest BCUT2D eigenvalue weighted by molar-refractivity contribution is 5.78. The van der Waals surface area contributed by atoms with E-state index in [9.17, 15) is 4.79 Å². The molecule has 0 spiro atoms. The highest BCUT2D eigenvalue weighted by atomic mass is 16.5. The van der Waals surface area contributed by atoms with E-state index in [4.69, 9.17) is 4.74 Å². The van der Waals surface area contributed by atoms with Crippen LogP contribution in [0.4, 0.5) is 5.69 Å². The van der Waals surface area contributed by atoms with Crippen molar-refractivity contribution >= 4 is 11.6 Å². The minimum absolute atomic E-state index is 0.0464. The minimum atomic E-state index is 0.0464. The standard InChI is InChI=1S/C18H27N3O2/c1-12-9-16-17(23-13(2)19-16)10-15(12)14-5-7-21(8-6-14)18(22)11-20(3)4/h9-10,13-14,19H,5-8,11H2,1-4H3. The first-order valence-electron chi connectivity index (χ1n) is 8.44. The van der Waals surface area contributed by atoms with E-state index in [1.165, 1.54) is 11.1 Å². The number of nitrogens with zero attached hydrogens (tertiary/aromatic N) is 2. The molecule has 126 valence electrons. The summed E-state index contributed by atoms with van der Waals surface area (Å²) in [5.41, 5.74) is 3.78. The molecule has 0 aromatic heterocycles. The summed E-state index contributed by atoms with van der Waals surface area (Å²) in [6, 6.07) is 4.39. The number of rotatable bonds is 3. The molecule has 1 aromatic rings. The summed E-state index contributed by atoms with van der Waals surface area (Å²) >= 11 is 0. The lowest BCUT2D eigenvalue weighted by Crippen LogP contribution is -2.42. The number of anilines is 1. The molecule has 1 unspecified atom stereocenters. The van der Waals surface area contributed by atoms with Crippen molar-refractivity contribution in [2.45, 2.75) is 38.8 Å². The van der Waals surface area contributed by atoms with Crippen LogP contribution < -0.4 is 10.1 Å². The molecular weight excluding hydrogens is 290 g/mol. The third-order valence-corrected chi connectivity index (χ3v) is 4.77. The Morgan fingerprint density at radius 3 is 2.70 bits per heavy atom. The fraction of sp³-hybridized carbons (Fsp3) is 0.611. The van der Waals surface area contributed by atoms with Crippen molar-refractivity contribution in [1.82, 2.24) is 9.80 Å². The minimum Gasteiger partial charge on any atom is -0.469 e. The molecule has 1 atom stereocenters. The van der Waals surface area contributed by atoms with Gasteiger partial charge in [-0.3, -0.25) is 4.79 Å². The molecule has 1 aromatic carbocycles. The van der Waals surface area contributed by atoms with E-state index in [1.54, 1.807) is 0 Å². The molecule has 0 aliphatic carbocycles. The lowest BCUT2D eigenvalue weighted by molar-refractivity contribution is -0.132. The first kappa shape index (κ1) is 16.1. The molecule has 5 nitrogen and oxygen atoms in total. The van der Waals surface area contributed by atoms with Crippen LogP contribution in [0, 0.1) is 6.92 Å². The molecule has 1 saturated heterocycles. The van der Waals surface area contributed by atoms with E-state index in [0.29, 0.717) is 12.5 Å². The van der Waals surface area contributed by atoms with E-state index in [2.05, 4.69) is 24.4 Å². The summed E-state index contributed by atoms with van der Waals surface area (Å²) in [5, 5.41) is 3.33. The average molecular weight is 317 g/mol. The number of fused-ring (bicyclic) bond motifs is 1. The number of amides is 1. The molecule has 23 heavy (non-hydrogen) atoms. The van der Waals surface area contributed by atoms with Crippen molar-refractivity contribution in [3.05, 3.63) is 23.3 Å². The number of ether oxygens (including phenoxy) is 1. The Labute approximate surface area is 138 Å². The zero-order valence-corrected chi connectivity index (χ0v) is 14.6. The fourth-order valence-corrected chi connectivity index (χ4v) is 3.60. The van der Waals surface area contributed by atoms with Gasteiger partial charge in [0.25, 0.3) is 0 Å². The summed E-state index contributed by atoms with van der Waals surface area (Å²) < 4.78 is 5.82. The van der Waals surface area contributed by atoms with Crippen molar-refractivity contribution in [1.29, 1.82) is 0 Å². The van der Waals surface area contributed by atoms with Crippen LogP contribution in [-0.4, -0.2) is 55.7 Å². The van der Waals surface area contributed by atoms with Crippen LogP contribution in [0.2, 0.25) is 0 Å². The second-order valence-corrected chi connectivity index (χ2v) is 7.00. The van der Waals surface area contributed by atoms with E-state index in [-0.39, 0.29) is 12.1 Å². The Balaban J connectivity index is 1.67. The predicted molar refractivity (Wildman–Crippen MR) is 92.0 cm³/mol. The first-order valence-corrected chi connectivity index (χ1v) is 8.44. The van der Waals surface area contributed by atoms with Crippen LogP contribution in [0.15, 0.2) is 12.1 Å². The van der Waals surface area contributed by atoms with Crippen molar-refractivity contribution < 1.29 is 9.53 Å². The van der Waals surface area contributed by atoms with Crippen LogP contribution in [-0.2, 0) is 4.79 Å². The number of carbonyl (C=O) groups excluding carboxylic acids is 1. The molecular formula is C18H27N3O2. The third-order valence-electron chi connectivity index (χ3n) is 4.77. The SMILES string of the molecule is Cc1cc2c(cc1C1CCN(C(=O)CN(C)C)CC1)OC(C)N2. The molecule has 0 radical (unpaired) electrons. The predicted octanol–water partition coefficient (Wildman–Crippen LogP) is 2.41. The maximum absolute atomic E-state index is 12.2. The van der Waals surface area contributed by atoms with Gasteiger partial charge in [0.2, 0.25) is 5.91 Å². The number of nitrogens with one attached hydrogen (secondary N) is 1. The van der Waals surface area contributed by atoms with Crippen LogP contribution >= 0.6 is 0 Å². The lowest BCUT2D eigenvalue weighted by Gasteiger charge is -2.33. The van der Waals surface area contributed by atoms with Crippen LogP contribution in [0.3, 0.4) is 0 Å². The quantitative estimate of drug-likeness (QED) is 0.930. The zero-order chi connectivity index (χ0) is 16.6. The average Bonchev–Trinajstić information content (AvgIpc) is 2.85. The number of likely N-dealkylation sites (N-methyl/N-ethyl adjacent to an activating group) is 1. The molecule has 1 amide bonds. The van der Waals surface area contributed by atoms with Gasteiger partial charge < -0.3 is 19.9 Å². The van der Waals surface area contributed by atoms with Gasteiger partial charge >= 0.3 is 0 Å². The van der Waals surface area contributed by atoms with Gasteiger partial charge in [-0.1, -0.05) is 0 Å². The summed E-state index contributed by atoms with van der Waals surface area (Å²) in [5.74, 6) is 1.72. The molecule has 1 fully saturated rings. The Morgan fingerprint density at radius 2 is 2.04 bits per heavy atom. The maximum atomic E-state index is 12.2. The smallest absolute Gasteiger partial charge is 0.236 e. The van der Waals surface area contributed by atoms with Gasteiger partial charge in [-0.05, 0) is 70.0 Å². The second-order valence-electron chi connectivity index (χ2n) is 7.00. The van der Waals surface area contributed by atoms with Crippen molar-refractivity contribution in [2.24, 2.45) is 0 Å². The largest absolute Gasteiger partial charge is 0.469 e. The Kier molecular flexibility index (Phi) is 4.48. The van der Waals surface area contributed by atoms with Gasteiger partial charge in [0, 0.05) is 13.1 Å². The summed E-state index contributed by atoms with van der Waals surface area (Å²) in [6.45, 7) is 6.39. The topological polar surface area (TPSA) is 44.8 Å². The molecule has 3 rings (SSSR count). The molecule has 2 aliphatic rings. The van der Waals surface area contributed by atoms with E-state index >= 15 is 0 Å². The number of hydrogen-bond acceptors (Lipinski definition) is 4. The van der Waals surface area contributed by atoms with Gasteiger partial charge in [-0.2, -0.15) is 0 Å². The number of hydrogen-bond donors (Lipinski definition) is 1. The van der Waals surface area contributed by atoms with Gasteiger partial charge in [-0.15, -0.1) is 0 Å². The Bertz CT molecular complexity index is 592. The van der Waals surface area contributed by atoms with Gasteiger partial charge in [0.1, 0.15) is 5.75 Å². The molecule has 1 N–H and O–H groups in total. The number of carbonyl (C=O) groups is 1. The molecule has 0 bridgehead atoms. The second kappa shape index (κ2) is 6.40. The molecule has 2 aliphatic heterocycles. The number of benzene rings is 1. The van der Waals surface area contributed by atoms with Crippen LogP contribution in [0.1, 0.15) is 36.8 Å². The number of likely N-dealkylation sites (tertiary alicyclic amines) is 1.